The number of aromatic nitrogens is 2. The van der Waals surface area contributed by atoms with E-state index in [0.717, 1.165) is 11.1 Å². The second kappa shape index (κ2) is 4.53. The molecule has 0 fully saturated rings. The van der Waals surface area contributed by atoms with Gasteiger partial charge < -0.3 is 4.57 Å². The van der Waals surface area contributed by atoms with E-state index in [9.17, 15) is 10.1 Å². The number of rotatable bonds is 3. The van der Waals surface area contributed by atoms with E-state index in [0.29, 0.717) is 11.9 Å². The Labute approximate surface area is 109 Å². The molecular weight excluding hydrogens is 242 g/mol. The molecule has 94 valence electrons. The Kier molecular flexibility index (Phi) is 2.72. The van der Waals surface area contributed by atoms with Gasteiger partial charge in [-0.15, -0.1) is 0 Å². The lowest BCUT2D eigenvalue weighted by Crippen LogP contribution is -1.98. The number of nitro groups is 1. The number of pyridine rings is 1. The van der Waals surface area contributed by atoms with Crippen molar-refractivity contribution in [1.29, 1.82) is 0 Å². The fourth-order valence-corrected chi connectivity index (χ4v) is 2.19. The first-order valence-corrected chi connectivity index (χ1v) is 5.87. The molecule has 0 aliphatic heterocycles. The SMILES string of the molecule is O=[N+]([O-])c1cccc2c1ccn2Cc1cccnc1. The van der Waals surface area contributed by atoms with Crippen LogP contribution in [0.25, 0.3) is 10.9 Å². The number of fused-ring (bicyclic) bond motifs is 1. The molecule has 0 radical (unpaired) electrons. The molecule has 0 atom stereocenters. The Bertz CT molecular complexity index is 735. The van der Waals surface area contributed by atoms with Gasteiger partial charge in [0.2, 0.25) is 0 Å². The number of hydrogen-bond acceptors (Lipinski definition) is 3. The van der Waals surface area contributed by atoms with Gasteiger partial charge >= 0.3 is 0 Å². The zero-order chi connectivity index (χ0) is 13.2. The van der Waals surface area contributed by atoms with Crippen LogP contribution in [0.15, 0.2) is 55.0 Å². The van der Waals surface area contributed by atoms with Crippen LogP contribution in [0.5, 0.6) is 0 Å². The van der Waals surface area contributed by atoms with Crippen molar-refractivity contribution in [3.05, 3.63) is 70.7 Å². The van der Waals surface area contributed by atoms with E-state index >= 15 is 0 Å². The van der Waals surface area contributed by atoms with Crippen LogP contribution in [0.3, 0.4) is 0 Å². The third-order valence-electron chi connectivity index (χ3n) is 3.06. The second-order valence-electron chi connectivity index (χ2n) is 4.27. The average molecular weight is 253 g/mol. The largest absolute Gasteiger partial charge is 0.343 e. The quantitative estimate of drug-likeness (QED) is 0.532. The van der Waals surface area contributed by atoms with E-state index in [1.54, 1.807) is 24.5 Å². The summed E-state index contributed by atoms with van der Waals surface area (Å²) in [5, 5.41) is 11.6. The van der Waals surface area contributed by atoms with Gasteiger partial charge in [-0.2, -0.15) is 0 Å². The minimum atomic E-state index is -0.350. The van der Waals surface area contributed by atoms with E-state index < -0.39 is 0 Å². The molecule has 2 heterocycles. The molecule has 5 heteroatoms. The van der Waals surface area contributed by atoms with Crippen LogP contribution in [0.1, 0.15) is 5.56 Å². The van der Waals surface area contributed by atoms with E-state index in [2.05, 4.69) is 4.98 Å². The van der Waals surface area contributed by atoms with Gasteiger partial charge in [0.25, 0.3) is 5.69 Å². The Hall–Kier alpha value is -2.69. The molecular formula is C14H11N3O2. The zero-order valence-electron chi connectivity index (χ0n) is 10.1. The Morgan fingerprint density at radius 2 is 2.11 bits per heavy atom. The predicted molar refractivity (Wildman–Crippen MR) is 71.9 cm³/mol. The first-order valence-electron chi connectivity index (χ1n) is 5.87. The summed E-state index contributed by atoms with van der Waals surface area (Å²) in [6.07, 6.45) is 5.38. The van der Waals surface area contributed by atoms with Gasteiger partial charge in [-0.05, 0) is 23.8 Å². The summed E-state index contributed by atoms with van der Waals surface area (Å²) in [5.41, 5.74) is 2.06. The fourth-order valence-electron chi connectivity index (χ4n) is 2.19. The molecule has 0 amide bonds. The lowest BCUT2D eigenvalue weighted by atomic mass is 10.2. The van der Waals surface area contributed by atoms with Crippen LogP contribution < -0.4 is 0 Å². The molecule has 5 nitrogen and oxygen atoms in total. The maximum absolute atomic E-state index is 11.0. The van der Waals surface area contributed by atoms with Crippen molar-refractivity contribution in [2.45, 2.75) is 6.54 Å². The Balaban J connectivity index is 2.07. The van der Waals surface area contributed by atoms with Crippen molar-refractivity contribution in [2.24, 2.45) is 0 Å². The maximum Gasteiger partial charge on any atom is 0.278 e. The van der Waals surface area contributed by atoms with Crippen LogP contribution in [0, 0.1) is 10.1 Å². The number of non-ortho nitro benzene ring substituents is 1. The first kappa shape index (κ1) is 11.4. The highest BCUT2D eigenvalue weighted by Crippen LogP contribution is 2.26. The van der Waals surface area contributed by atoms with E-state index in [4.69, 9.17) is 0 Å². The van der Waals surface area contributed by atoms with Gasteiger partial charge in [0.05, 0.1) is 15.8 Å². The number of nitro benzene ring substituents is 1. The lowest BCUT2D eigenvalue weighted by molar-refractivity contribution is -0.383. The molecule has 3 aromatic rings. The predicted octanol–water partition coefficient (Wildman–Crippen LogP) is 2.99. The molecule has 0 unspecified atom stereocenters. The van der Waals surface area contributed by atoms with Crippen LogP contribution in [-0.2, 0) is 6.54 Å². The van der Waals surface area contributed by atoms with Gasteiger partial charge in [-0.25, -0.2) is 0 Å². The van der Waals surface area contributed by atoms with Crippen LogP contribution in [-0.4, -0.2) is 14.5 Å². The molecule has 0 aliphatic rings. The summed E-state index contributed by atoms with van der Waals surface area (Å²) >= 11 is 0. The van der Waals surface area contributed by atoms with Crippen LogP contribution >= 0.6 is 0 Å². The van der Waals surface area contributed by atoms with Crippen molar-refractivity contribution in [1.82, 2.24) is 9.55 Å². The van der Waals surface area contributed by atoms with E-state index in [-0.39, 0.29) is 10.6 Å². The normalized spacial score (nSPS) is 10.7. The summed E-state index contributed by atoms with van der Waals surface area (Å²) in [6, 6.07) is 10.8. The summed E-state index contributed by atoms with van der Waals surface area (Å²) < 4.78 is 1.99. The average Bonchev–Trinajstić information content (AvgIpc) is 2.83. The molecule has 2 aromatic heterocycles. The molecule has 1 aromatic carbocycles. The first-order chi connectivity index (χ1) is 9.25. The summed E-state index contributed by atoms with van der Waals surface area (Å²) in [4.78, 5) is 14.7. The van der Waals surface area contributed by atoms with Crippen molar-refractivity contribution < 1.29 is 4.92 Å². The van der Waals surface area contributed by atoms with E-state index in [1.807, 2.05) is 29.0 Å². The molecule has 0 N–H and O–H groups in total. The number of benzene rings is 1. The lowest BCUT2D eigenvalue weighted by Gasteiger charge is -2.05. The molecule has 0 saturated heterocycles. The third kappa shape index (κ3) is 2.06. The number of hydrogen-bond donors (Lipinski definition) is 0. The molecule has 0 bridgehead atoms. The minimum absolute atomic E-state index is 0.141. The van der Waals surface area contributed by atoms with Crippen LogP contribution in [0.2, 0.25) is 0 Å². The maximum atomic E-state index is 11.0. The smallest absolute Gasteiger partial charge is 0.278 e. The van der Waals surface area contributed by atoms with Crippen molar-refractivity contribution in [3.8, 4) is 0 Å². The summed E-state index contributed by atoms with van der Waals surface area (Å²) in [6.45, 7) is 0.651. The van der Waals surface area contributed by atoms with Gasteiger partial charge in [0.1, 0.15) is 0 Å². The number of nitrogens with zero attached hydrogens (tertiary/aromatic N) is 3. The van der Waals surface area contributed by atoms with Crippen LogP contribution in [0.4, 0.5) is 5.69 Å². The Morgan fingerprint density at radius 1 is 1.21 bits per heavy atom. The standard InChI is InChI=1S/C14H11N3O2/c18-17(19)14-5-1-4-13-12(14)6-8-16(13)10-11-3-2-7-15-9-11/h1-9H,10H2. The monoisotopic (exact) mass is 253 g/mol. The van der Waals surface area contributed by atoms with Gasteiger partial charge in [-0.3, -0.25) is 15.1 Å². The summed E-state index contributed by atoms with van der Waals surface area (Å²) in [7, 11) is 0. The highest BCUT2D eigenvalue weighted by atomic mass is 16.6. The molecule has 0 saturated carbocycles. The van der Waals surface area contributed by atoms with Gasteiger partial charge in [-0.1, -0.05) is 12.1 Å². The van der Waals surface area contributed by atoms with Gasteiger partial charge in [0.15, 0.2) is 0 Å². The molecule has 19 heavy (non-hydrogen) atoms. The van der Waals surface area contributed by atoms with E-state index in [1.165, 1.54) is 6.07 Å². The van der Waals surface area contributed by atoms with Crippen molar-refractivity contribution in [2.75, 3.05) is 0 Å². The Morgan fingerprint density at radius 3 is 2.84 bits per heavy atom. The zero-order valence-corrected chi connectivity index (χ0v) is 10.1. The van der Waals surface area contributed by atoms with Crippen molar-refractivity contribution in [3.63, 3.8) is 0 Å². The molecule has 3 rings (SSSR count). The van der Waals surface area contributed by atoms with Gasteiger partial charge in [0, 0.05) is 31.2 Å². The highest BCUT2D eigenvalue weighted by Gasteiger charge is 2.13. The topological polar surface area (TPSA) is 61.0 Å². The second-order valence-corrected chi connectivity index (χ2v) is 4.27. The summed E-state index contributed by atoms with van der Waals surface area (Å²) in [5.74, 6) is 0. The third-order valence-corrected chi connectivity index (χ3v) is 3.06. The molecule has 0 spiro atoms. The van der Waals surface area contributed by atoms with Crippen molar-refractivity contribution >= 4 is 16.6 Å². The molecule has 0 aliphatic carbocycles. The highest BCUT2D eigenvalue weighted by molar-refractivity contribution is 5.89. The minimum Gasteiger partial charge on any atom is -0.343 e. The fraction of sp³-hybridized carbons (Fsp3) is 0.0714.